The Morgan fingerprint density at radius 1 is 1.33 bits per heavy atom. The molecule has 7 nitrogen and oxygen atoms in total. The third-order valence-electron chi connectivity index (χ3n) is 3.36. The average Bonchev–Trinajstić information content (AvgIpc) is 2.93. The van der Waals surface area contributed by atoms with Crippen LogP contribution in [0.3, 0.4) is 0 Å². The largest absolute Gasteiger partial charge is 0.546 e. The molecule has 2 heterocycles. The summed E-state index contributed by atoms with van der Waals surface area (Å²) in [6, 6.07) is 1.63. The first-order valence-electron chi connectivity index (χ1n) is 6.14. The van der Waals surface area contributed by atoms with Crippen LogP contribution in [0, 0.1) is 0 Å². The van der Waals surface area contributed by atoms with Gasteiger partial charge in [0.15, 0.2) is 17.1 Å². The molecule has 0 unspecified atom stereocenters. The van der Waals surface area contributed by atoms with E-state index in [9.17, 15) is 14.7 Å². The lowest BCUT2D eigenvalue weighted by Gasteiger charge is -2.28. The molecule has 3 rings (SSSR count). The SMILES string of the molecule is COc1c2c(c(OC)c3occc13)O[C@@H](C(=O)[O-])CC2=O. The Labute approximate surface area is 119 Å². The van der Waals surface area contributed by atoms with E-state index in [4.69, 9.17) is 18.6 Å². The van der Waals surface area contributed by atoms with Crippen molar-refractivity contribution in [3.8, 4) is 17.2 Å². The second kappa shape index (κ2) is 4.69. The summed E-state index contributed by atoms with van der Waals surface area (Å²) in [4.78, 5) is 23.3. The van der Waals surface area contributed by atoms with E-state index < -0.39 is 17.9 Å². The molecular weight excluding hydrogens is 280 g/mol. The maximum atomic E-state index is 12.3. The fourth-order valence-corrected chi connectivity index (χ4v) is 2.47. The maximum absolute atomic E-state index is 12.3. The number of carboxylic acid groups (broad SMARTS) is 1. The molecular formula is C14H11O7-. The summed E-state index contributed by atoms with van der Waals surface area (Å²) >= 11 is 0. The van der Waals surface area contributed by atoms with E-state index >= 15 is 0 Å². The fraction of sp³-hybridized carbons (Fsp3) is 0.286. The van der Waals surface area contributed by atoms with Crippen LogP contribution in [0.1, 0.15) is 16.8 Å². The molecule has 1 aromatic carbocycles. The van der Waals surface area contributed by atoms with E-state index in [1.165, 1.54) is 20.5 Å². The predicted octanol–water partition coefficient (Wildman–Crippen LogP) is 0.534. The quantitative estimate of drug-likeness (QED) is 0.813. The van der Waals surface area contributed by atoms with Gasteiger partial charge in [0.2, 0.25) is 5.75 Å². The van der Waals surface area contributed by atoms with E-state index in [1.54, 1.807) is 6.07 Å². The molecule has 0 radical (unpaired) electrons. The third-order valence-corrected chi connectivity index (χ3v) is 3.36. The highest BCUT2D eigenvalue weighted by Gasteiger charge is 2.36. The van der Waals surface area contributed by atoms with Gasteiger partial charge in [-0.05, 0) is 6.07 Å². The number of Topliss-reactive ketones (excluding diaryl/α,β-unsaturated/α-hetero) is 1. The van der Waals surface area contributed by atoms with Gasteiger partial charge in [-0.25, -0.2) is 0 Å². The van der Waals surface area contributed by atoms with Crippen molar-refractivity contribution in [3.05, 3.63) is 17.9 Å². The Morgan fingerprint density at radius 2 is 2.05 bits per heavy atom. The molecule has 0 bridgehead atoms. The maximum Gasteiger partial charge on any atom is 0.205 e. The monoisotopic (exact) mass is 291 g/mol. The number of carbonyl (C=O) groups excluding carboxylic acids is 2. The number of ketones is 1. The van der Waals surface area contributed by atoms with Crippen LogP contribution in [0.15, 0.2) is 16.7 Å². The average molecular weight is 291 g/mol. The van der Waals surface area contributed by atoms with Crippen molar-refractivity contribution in [1.29, 1.82) is 0 Å². The minimum absolute atomic E-state index is 0.00208. The molecule has 1 aliphatic heterocycles. The molecule has 0 fully saturated rings. The lowest BCUT2D eigenvalue weighted by Crippen LogP contribution is -2.43. The lowest BCUT2D eigenvalue weighted by atomic mass is 9.97. The molecule has 1 atom stereocenters. The molecule has 1 aromatic heterocycles. The Hall–Kier alpha value is -2.70. The minimum atomic E-state index is -1.46. The first-order valence-corrected chi connectivity index (χ1v) is 6.14. The zero-order valence-electron chi connectivity index (χ0n) is 11.3. The summed E-state index contributed by atoms with van der Waals surface area (Å²) in [6.07, 6.45) is -0.268. The summed E-state index contributed by atoms with van der Waals surface area (Å²) in [6.45, 7) is 0. The highest BCUT2D eigenvalue weighted by atomic mass is 16.5. The summed E-state index contributed by atoms with van der Waals surface area (Å²) in [5.74, 6) is -1.44. The second-order valence-electron chi connectivity index (χ2n) is 4.49. The van der Waals surface area contributed by atoms with Crippen LogP contribution in [-0.4, -0.2) is 32.1 Å². The van der Waals surface area contributed by atoms with E-state index in [1.807, 2.05) is 0 Å². The minimum Gasteiger partial charge on any atom is -0.546 e. The standard InChI is InChI=1S/C14H12O7/c1-18-10-6-3-4-20-11(6)13(19-2)12-9(10)7(15)5-8(21-12)14(16)17/h3-4,8H,5H2,1-2H3,(H,16,17)/p-1/t8-/m1/s1. The number of aliphatic carboxylic acids is 1. The van der Waals surface area contributed by atoms with Crippen LogP contribution in [0.2, 0.25) is 0 Å². The molecule has 7 heteroatoms. The van der Waals surface area contributed by atoms with Crippen molar-refractivity contribution >= 4 is 22.7 Å². The smallest absolute Gasteiger partial charge is 0.205 e. The number of carbonyl (C=O) groups is 2. The van der Waals surface area contributed by atoms with Gasteiger partial charge in [0.05, 0.1) is 38.3 Å². The van der Waals surface area contributed by atoms with E-state index in [0.717, 1.165) is 0 Å². The van der Waals surface area contributed by atoms with Gasteiger partial charge >= 0.3 is 0 Å². The molecule has 21 heavy (non-hydrogen) atoms. The van der Waals surface area contributed by atoms with E-state index in [2.05, 4.69) is 0 Å². The number of ether oxygens (including phenoxy) is 3. The summed E-state index contributed by atoms with van der Waals surface area (Å²) in [5.41, 5.74) is 0.473. The van der Waals surface area contributed by atoms with Gasteiger partial charge in [-0.3, -0.25) is 4.79 Å². The first kappa shape index (κ1) is 13.3. The second-order valence-corrected chi connectivity index (χ2v) is 4.49. The van der Waals surface area contributed by atoms with Gasteiger partial charge in [0.25, 0.3) is 0 Å². The summed E-state index contributed by atoms with van der Waals surface area (Å²) in [5, 5.41) is 11.5. The highest BCUT2D eigenvalue weighted by molar-refractivity contribution is 6.11. The van der Waals surface area contributed by atoms with Gasteiger partial charge in [-0.2, -0.15) is 0 Å². The normalized spacial score (nSPS) is 17.2. The van der Waals surface area contributed by atoms with Crippen LogP contribution in [0.25, 0.3) is 11.0 Å². The molecule has 0 saturated heterocycles. The van der Waals surface area contributed by atoms with Crippen molar-refractivity contribution in [2.45, 2.75) is 12.5 Å². The molecule has 0 amide bonds. The van der Waals surface area contributed by atoms with E-state index in [-0.39, 0.29) is 29.2 Å². The van der Waals surface area contributed by atoms with Gasteiger partial charge < -0.3 is 28.5 Å². The molecule has 1 aliphatic rings. The van der Waals surface area contributed by atoms with Crippen LogP contribution in [0.5, 0.6) is 17.2 Å². The van der Waals surface area contributed by atoms with Crippen LogP contribution in [-0.2, 0) is 4.79 Å². The Kier molecular flexibility index (Phi) is 2.97. The lowest BCUT2D eigenvalue weighted by molar-refractivity contribution is -0.313. The number of fused-ring (bicyclic) bond motifs is 2. The van der Waals surface area contributed by atoms with Crippen molar-refractivity contribution in [3.63, 3.8) is 0 Å². The van der Waals surface area contributed by atoms with E-state index in [0.29, 0.717) is 11.0 Å². The molecule has 2 aromatic rings. The van der Waals surface area contributed by atoms with Gasteiger partial charge in [-0.1, -0.05) is 0 Å². The van der Waals surface area contributed by atoms with Gasteiger partial charge in [0.1, 0.15) is 17.4 Å². The van der Waals surface area contributed by atoms with Crippen molar-refractivity contribution in [2.75, 3.05) is 14.2 Å². The molecule has 0 N–H and O–H groups in total. The highest BCUT2D eigenvalue weighted by Crippen LogP contribution is 2.48. The van der Waals surface area contributed by atoms with Crippen LogP contribution in [0.4, 0.5) is 0 Å². The number of furan rings is 1. The third kappa shape index (κ3) is 1.81. The number of carboxylic acids is 1. The zero-order valence-corrected chi connectivity index (χ0v) is 11.3. The van der Waals surface area contributed by atoms with Crippen molar-refractivity contribution in [1.82, 2.24) is 0 Å². The van der Waals surface area contributed by atoms with Crippen molar-refractivity contribution < 1.29 is 33.3 Å². The van der Waals surface area contributed by atoms with Gasteiger partial charge in [-0.15, -0.1) is 0 Å². The number of hydrogen-bond acceptors (Lipinski definition) is 7. The molecule has 0 saturated carbocycles. The molecule has 0 spiro atoms. The Bertz CT molecular complexity index is 743. The number of benzene rings is 1. The summed E-state index contributed by atoms with van der Waals surface area (Å²) in [7, 11) is 2.78. The Balaban J connectivity index is 2.34. The summed E-state index contributed by atoms with van der Waals surface area (Å²) < 4.78 is 21.2. The molecule has 110 valence electrons. The zero-order chi connectivity index (χ0) is 15.1. The van der Waals surface area contributed by atoms with Crippen LogP contribution >= 0.6 is 0 Å². The number of methoxy groups -OCH3 is 2. The van der Waals surface area contributed by atoms with Crippen LogP contribution < -0.4 is 19.3 Å². The first-order chi connectivity index (χ1) is 10.1. The van der Waals surface area contributed by atoms with Gasteiger partial charge in [0, 0.05) is 0 Å². The number of rotatable bonds is 3. The fourth-order valence-electron chi connectivity index (χ4n) is 2.47. The number of hydrogen-bond donors (Lipinski definition) is 0. The predicted molar refractivity (Wildman–Crippen MR) is 67.7 cm³/mol. The Morgan fingerprint density at radius 3 is 2.67 bits per heavy atom. The topological polar surface area (TPSA) is 98.0 Å². The van der Waals surface area contributed by atoms with Crippen molar-refractivity contribution in [2.24, 2.45) is 0 Å². The molecule has 0 aliphatic carbocycles.